The lowest BCUT2D eigenvalue weighted by molar-refractivity contribution is 0.0546. The molecule has 1 aromatic heterocycles. The van der Waals surface area contributed by atoms with Crippen molar-refractivity contribution < 1.29 is 4.79 Å². The van der Waals surface area contributed by atoms with Crippen molar-refractivity contribution in [2.24, 2.45) is 0 Å². The van der Waals surface area contributed by atoms with E-state index in [0.717, 1.165) is 13.1 Å². The molecule has 0 unspecified atom stereocenters. The molecule has 1 saturated heterocycles. The summed E-state index contributed by atoms with van der Waals surface area (Å²) >= 11 is 0. The molecule has 0 aliphatic carbocycles. The van der Waals surface area contributed by atoms with Crippen LogP contribution in [0.3, 0.4) is 0 Å². The van der Waals surface area contributed by atoms with E-state index in [9.17, 15) is 4.79 Å². The molecule has 1 aliphatic rings. The van der Waals surface area contributed by atoms with Gasteiger partial charge in [0.25, 0.3) is 5.91 Å². The van der Waals surface area contributed by atoms with E-state index in [1.165, 1.54) is 5.56 Å². The van der Waals surface area contributed by atoms with Gasteiger partial charge >= 0.3 is 0 Å². The molecular formula is C17H19N3O. The number of carbonyl (C=O) groups excluding carboxylic acids is 1. The average molecular weight is 281 g/mol. The number of likely N-dealkylation sites (N-methyl/N-ethyl adjacent to an activating group) is 1. The molecule has 0 radical (unpaired) electrons. The Bertz CT molecular complexity index is 600. The molecule has 0 N–H and O–H groups in total. The normalized spacial score (nSPS) is 19.5. The lowest BCUT2D eigenvalue weighted by Crippen LogP contribution is -2.49. The number of benzene rings is 1. The molecule has 1 aliphatic heterocycles. The second kappa shape index (κ2) is 6.06. The van der Waals surface area contributed by atoms with Gasteiger partial charge in [-0.1, -0.05) is 30.3 Å². The van der Waals surface area contributed by atoms with E-state index in [4.69, 9.17) is 0 Å². The van der Waals surface area contributed by atoms with Crippen LogP contribution in [0.25, 0.3) is 0 Å². The number of pyridine rings is 1. The Balaban J connectivity index is 1.78. The molecule has 1 atom stereocenters. The summed E-state index contributed by atoms with van der Waals surface area (Å²) in [5.74, 6) is 0.0668. The zero-order valence-electron chi connectivity index (χ0n) is 12.1. The van der Waals surface area contributed by atoms with Gasteiger partial charge in [0.05, 0.1) is 11.6 Å². The van der Waals surface area contributed by atoms with Crippen LogP contribution in [0.2, 0.25) is 0 Å². The highest BCUT2D eigenvalue weighted by atomic mass is 16.2. The molecule has 4 heteroatoms. The maximum absolute atomic E-state index is 12.6. The van der Waals surface area contributed by atoms with Crippen molar-refractivity contribution in [3.63, 3.8) is 0 Å². The van der Waals surface area contributed by atoms with Gasteiger partial charge in [-0.2, -0.15) is 0 Å². The van der Waals surface area contributed by atoms with E-state index in [0.29, 0.717) is 12.1 Å². The summed E-state index contributed by atoms with van der Waals surface area (Å²) in [6, 6.07) is 14.2. The monoisotopic (exact) mass is 281 g/mol. The van der Waals surface area contributed by atoms with Crippen molar-refractivity contribution in [1.82, 2.24) is 14.8 Å². The molecule has 1 aromatic carbocycles. The minimum absolute atomic E-state index is 0.0668. The zero-order chi connectivity index (χ0) is 14.7. The average Bonchev–Trinajstić information content (AvgIpc) is 2.56. The number of rotatable bonds is 2. The van der Waals surface area contributed by atoms with Gasteiger partial charge in [-0.15, -0.1) is 0 Å². The van der Waals surface area contributed by atoms with Crippen LogP contribution in [-0.4, -0.2) is 47.4 Å². The third-order valence-electron chi connectivity index (χ3n) is 4.03. The summed E-state index contributed by atoms with van der Waals surface area (Å²) in [6.45, 7) is 2.35. The van der Waals surface area contributed by atoms with Crippen molar-refractivity contribution >= 4 is 5.91 Å². The lowest BCUT2D eigenvalue weighted by Gasteiger charge is -2.39. The van der Waals surface area contributed by atoms with Crippen LogP contribution in [0.1, 0.15) is 22.0 Å². The Labute approximate surface area is 125 Å². The minimum Gasteiger partial charge on any atom is -0.335 e. The smallest absolute Gasteiger partial charge is 0.255 e. The zero-order valence-corrected chi connectivity index (χ0v) is 12.1. The maximum Gasteiger partial charge on any atom is 0.255 e. The van der Waals surface area contributed by atoms with E-state index in [2.05, 4.69) is 29.1 Å². The van der Waals surface area contributed by atoms with Crippen molar-refractivity contribution in [3.05, 3.63) is 66.0 Å². The number of amides is 1. The maximum atomic E-state index is 12.6. The number of hydrogen-bond donors (Lipinski definition) is 0. The summed E-state index contributed by atoms with van der Waals surface area (Å²) in [5.41, 5.74) is 1.91. The van der Waals surface area contributed by atoms with Crippen LogP contribution in [-0.2, 0) is 0 Å². The third kappa shape index (κ3) is 2.95. The van der Waals surface area contributed by atoms with Crippen molar-refractivity contribution in [3.8, 4) is 0 Å². The largest absolute Gasteiger partial charge is 0.335 e. The number of nitrogens with zero attached hydrogens (tertiary/aromatic N) is 3. The predicted octanol–water partition coefficient (Wildman–Crippen LogP) is 2.21. The van der Waals surface area contributed by atoms with Gasteiger partial charge in [-0.05, 0) is 24.7 Å². The first-order valence-electron chi connectivity index (χ1n) is 7.20. The highest BCUT2D eigenvalue weighted by Gasteiger charge is 2.28. The molecule has 2 heterocycles. The van der Waals surface area contributed by atoms with Gasteiger partial charge in [-0.3, -0.25) is 14.7 Å². The van der Waals surface area contributed by atoms with Crippen LogP contribution in [0.4, 0.5) is 0 Å². The summed E-state index contributed by atoms with van der Waals surface area (Å²) in [5, 5.41) is 0. The highest BCUT2D eigenvalue weighted by Crippen LogP contribution is 2.24. The quantitative estimate of drug-likeness (QED) is 0.847. The SMILES string of the molecule is CN1CCN(C(=O)c2cccnc2)C[C@@H]1c1ccccc1. The first kappa shape index (κ1) is 13.8. The minimum atomic E-state index is 0.0668. The predicted molar refractivity (Wildman–Crippen MR) is 82.0 cm³/mol. The van der Waals surface area contributed by atoms with E-state index in [1.807, 2.05) is 29.2 Å². The fourth-order valence-corrected chi connectivity index (χ4v) is 2.77. The van der Waals surface area contributed by atoms with Gasteiger partial charge in [0.1, 0.15) is 0 Å². The Hall–Kier alpha value is -2.20. The Morgan fingerprint density at radius 3 is 2.67 bits per heavy atom. The van der Waals surface area contributed by atoms with Crippen molar-refractivity contribution in [1.29, 1.82) is 0 Å². The summed E-state index contributed by atoms with van der Waals surface area (Å²) in [6.07, 6.45) is 3.33. The molecule has 0 saturated carbocycles. The molecule has 108 valence electrons. The molecule has 2 aromatic rings. The van der Waals surface area contributed by atoms with Crippen molar-refractivity contribution in [2.75, 3.05) is 26.7 Å². The van der Waals surface area contributed by atoms with E-state index in [1.54, 1.807) is 18.5 Å². The first-order chi connectivity index (χ1) is 10.3. The van der Waals surface area contributed by atoms with Gasteiger partial charge in [0, 0.05) is 32.0 Å². The number of piperazine rings is 1. The number of hydrogen-bond acceptors (Lipinski definition) is 3. The van der Waals surface area contributed by atoms with E-state index < -0.39 is 0 Å². The second-order valence-electron chi connectivity index (χ2n) is 5.40. The standard InChI is InChI=1S/C17H19N3O/c1-19-10-11-20(17(21)15-8-5-9-18-12-15)13-16(19)14-6-3-2-4-7-14/h2-9,12,16H,10-11,13H2,1H3/t16-/m1/s1. The Kier molecular flexibility index (Phi) is 3.97. The summed E-state index contributed by atoms with van der Waals surface area (Å²) in [4.78, 5) is 20.8. The third-order valence-corrected chi connectivity index (χ3v) is 4.03. The molecule has 1 amide bonds. The molecular weight excluding hydrogens is 262 g/mol. The molecule has 0 spiro atoms. The van der Waals surface area contributed by atoms with Gasteiger partial charge < -0.3 is 4.90 Å². The highest BCUT2D eigenvalue weighted by molar-refractivity contribution is 5.94. The Morgan fingerprint density at radius 1 is 1.14 bits per heavy atom. The molecule has 1 fully saturated rings. The first-order valence-corrected chi connectivity index (χ1v) is 7.20. The van der Waals surface area contributed by atoms with Gasteiger partial charge in [0.2, 0.25) is 0 Å². The van der Waals surface area contributed by atoms with Crippen LogP contribution in [0.15, 0.2) is 54.9 Å². The van der Waals surface area contributed by atoms with Crippen LogP contribution in [0.5, 0.6) is 0 Å². The van der Waals surface area contributed by atoms with Crippen LogP contribution >= 0.6 is 0 Å². The second-order valence-corrected chi connectivity index (χ2v) is 5.40. The molecule has 3 rings (SSSR count). The number of carbonyl (C=O) groups is 1. The number of aromatic nitrogens is 1. The van der Waals surface area contributed by atoms with Crippen molar-refractivity contribution in [2.45, 2.75) is 6.04 Å². The van der Waals surface area contributed by atoms with Crippen LogP contribution < -0.4 is 0 Å². The topological polar surface area (TPSA) is 36.4 Å². The fourth-order valence-electron chi connectivity index (χ4n) is 2.77. The van der Waals surface area contributed by atoms with E-state index >= 15 is 0 Å². The summed E-state index contributed by atoms with van der Waals surface area (Å²) in [7, 11) is 2.11. The molecule has 0 bridgehead atoms. The van der Waals surface area contributed by atoms with Gasteiger partial charge in [0.15, 0.2) is 0 Å². The van der Waals surface area contributed by atoms with E-state index in [-0.39, 0.29) is 11.9 Å². The molecule has 4 nitrogen and oxygen atoms in total. The summed E-state index contributed by atoms with van der Waals surface area (Å²) < 4.78 is 0. The Morgan fingerprint density at radius 2 is 1.95 bits per heavy atom. The molecule has 21 heavy (non-hydrogen) atoms. The van der Waals surface area contributed by atoms with Crippen LogP contribution in [0, 0.1) is 0 Å². The fraction of sp³-hybridized carbons (Fsp3) is 0.294. The van der Waals surface area contributed by atoms with Gasteiger partial charge in [-0.25, -0.2) is 0 Å². The lowest BCUT2D eigenvalue weighted by atomic mass is 10.0.